The van der Waals surface area contributed by atoms with Gasteiger partial charge in [-0.25, -0.2) is 0 Å². The van der Waals surface area contributed by atoms with Crippen molar-refractivity contribution in [3.63, 3.8) is 0 Å². The van der Waals surface area contributed by atoms with E-state index in [1.165, 1.54) is 36.4 Å². The average molecular weight is 1710 g/mol. The molecule has 0 bridgehead atoms. The summed E-state index contributed by atoms with van der Waals surface area (Å²) in [5.41, 5.74) is 5.88. The number of aryl methyl sites for hydroxylation is 1. The zero-order chi connectivity index (χ0) is 88.1. The summed E-state index contributed by atoms with van der Waals surface area (Å²) in [4.78, 5) is 113. The number of carboxylic acid groups (broad SMARTS) is 2. The molecule has 3 amide bonds. The van der Waals surface area contributed by atoms with Crippen LogP contribution in [0.1, 0.15) is 254 Å². The minimum Gasteiger partial charge on any atom is -0.508 e. The molecule has 2 fully saturated rings. The summed E-state index contributed by atoms with van der Waals surface area (Å²) in [6, 6.07) is 33.6. The number of nitrogens with zero attached hydrogens (tertiary/aromatic N) is 5. The summed E-state index contributed by atoms with van der Waals surface area (Å²) in [6.07, 6.45) is 5.90. The van der Waals surface area contributed by atoms with E-state index in [2.05, 4.69) is 43.1 Å². The number of Topliss-reactive ketones (excluding diaryl/α,β-unsaturated/α-hetero) is 3. The number of phenolic OH excluding ortho intramolecular Hbond substituents is 3. The Hall–Kier alpha value is -10.7. The van der Waals surface area contributed by atoms with Gasteiger partial charge in [-0.1, -0.05) is 85.3 Å². The maximum absolute atomic E-state index is 13.7. The van der Waals surface area contributed by atoms with Crippen molar-refractivity contribution in [1.29, 1.82) is 10.5 Å². The number of aliphatic hydroxyl groups excluding tert-OH is 3. The summed E-state index contributed by atoms with van der Waals surface area (Å²) in [5, 5.41) is 107. The van der Waals surface area contributed by atoms with Crippen LogP contribution in [0.2, 0.25) is 10.0 Å². The van der Waals surface area contributed by atoms with Crippen LogP contribution in [0.4, 0.5) is 13.2 Å². The highest BCUT2D eigenvalue weighted by molar-refractivity contribution is 6.31. The van der Waals surface area contributed by atoms with E-state index in [1.54, 1.807) is 55.5 Å². The van der Waals surface area contributed by atoms with Crippen LogP contribution in [0.15, 0.2) is 124 Å². The lowest BCUT2D eigenvalue weighted by molar-refractivity contribution is -0.180. The number of aliphatic imine (C=N–C) groups is 3. The van der Waals surface area contributed by atoms with Crippen molar-refractivity contribution in [2.75, 3.05) is 39.3 Å². The van der Waals surface area contributed by atoms with Crippen molar-refractivity contribution in [1.82, 2.24) is 16.0 Å². The fraction of sp³-hybridized carbons (Fsp3) is 0.467. The Morgan fingerprint density at radius 1 is 0.479 bits per heavy atom. The van der Waals surface area contributed by atoms with Crippen LogP contribution in [-0.4, -0.2) is 169 Å². The van der Waals surface area contributed by atoms with E-state index in [0.717, 1.165) is 98.2 Å². The maximum atomic E-state index is 13.7. The van der Waals surface area contributed by atoms with Gasteiger partial charge in [0, 0.05) is 94.2 Å². The summed E-state index contributed by atoms with van der Waals surface area (Å²) < 4.78 is 41.0. The van der Waals surface area contributed by atoms with Crippen LogP contribution in [-0.2, 0) is 59.5 Å². The normalized spacial score (nSPS) is 18.1. The zero-order valence-corrected chi connectivity index (χ0v) is 69.8. The number of carbonyl (C=O) groups excluding carboxylic acids is 6. The van der Waals surface area contributed by atoms with Gasteiger partial charge in [-0.15, -0.1) is 0 Å². The Morgan fingerprint density at radius 2 is 0.826 bits per heavy atom. The lowest BCUT2D eigenvalue weighted by Crippen LogP contribution is -2.36. The number of aliphatic carboxylic acids is 2. The molecule has 0 spiro atoms. The van der Waals surface area contributed by atoms with E-state index in [4.69, 9.17) is 23.2 Å². The number of halogens is 5. The lowest BCUT2D eigenvalue weighted by atomic mass is 9.65. The largest absolute Gasteiger partial charge is 0.508 e. The number of rotatable bonds is 32. The number of benzene rings is 6. The molecule has 0 aromatic heterocycles. The fourth-order valence-electron chi connectivity index (χ4n) is 15.9. The molecule has 3 aliphatic heterocycles. The zero-order valence-electron chi connectivity index (χ0n) is 68.3. The van der Waals surface area contributed by atoms with E-state index in [0.29, 0.717) is 128 Å². The Balaban J connectivity index is 0.000000207. The van der Waals surface area contributed by atoms with Gasteiger partial charge >= 0.3 is 18.1 Å². The number of phenols is 3. The molecule has 29 heteroatoms. The van der Waals surface area contributed by atoms with Crippen LogP contribution < -0.4 is 16.0 Å². The summed E-state index contributed by atoms with van der Waals surface area (Å²) in [5.74, 6) is -6.80. The number of carboxylic acids is 2. The minimum absolute atomic E-state index is 0.0279. The third kappa shape index (κ3) is 27.2. The third-order valence-corrected chi connectivity index (χ3v) is 23.6. The molecule has 6 atom stereocenters. The first kappa shape index (κ1) is 94.2. The number of aromatic hydroxyl groups is 3. The van der Waals surface area contributed by atoms with E-state index >= 15 is 0 Å². The van der Waals surface area contributed by atoms with E-state index < -0.39 is 101 Å². The average Bonchev–Trinajstić information content (AvgIpc) is 0.776. The number of hydrogen-bond acceptors (Lipinski definition) is 19. The van der Waals surface area contributed by atoms with Gasteiger partial charge in [0.05, 0.1) is 98.8 Å². The highest BCUT2D eigenvalue weighted by Crippen LogP contribution is 2.47. The first-order valence-corrected chi connectivity index (χ1v) is 41.6. The topological polar surface area (TPSA) is 419 Å². The van der Waals surface area contributed by atoms with Crippen LogP contribution in [0.3, 0.4) is 0 Å². The van der Waals surface area contributed by atoms with Crippen molar-refractivity contribution in [3.05, 3.63) is 192 Å². The van der Waals surface area contributed by atoms with Crippen molar-refractivity contribution < 1.29 is 92.4 Å². The number of amides is 3. The molecular formula is C92H105Cl2F3N8O16. The minimum atomic E-state index is -4.54. The first-order chi connectivity index (χ1) is 57.3. The Labute approximate surface area is 711 Å². The number of nitriles is 2. The summed E-state index contributed by atoms with van der Waals surface area (Å²) in [6.45, 7) is 5.82. The molecule has 6 aromatic rings. The van der Waals surface area contributed by atoms with Crippen LogP contribution in [0.5, 0.6) is 17.2 Å². The molecule has 0 radical (unpaired) electrons. The molecule has 3 heterocycles. The van der Waals surface area contributed by atoms with Gasteiger partial charge in [0.15, 0.2) is 17.3 Å². The monoisotopic (exact) mass is 1700 g/mol. The lowest BCUT2D eigenvalue weighted by Gasteiger charge is -2.36. The molecule has 11 N–H and O–H groups in total. The standard InChI is InChI=1S/C32H36ClN3O6.C30H34ClN3O4.C30H35F3N2O6/c33-25-12-21(11-24(16-25)32(19-34)6-2-1-3-7-32)22(15-30(40)41)13-29(39)18-36-31(42)23-8-20(10-28(38)14-23)9-26-4-5-27(37)17-35-26;1-2-20(21-11-23(15-24(31)12-21)30(18-32)6-3-7-30)13-28(37)17-34-29(38)22-8-19(10-27(36)14-22)9-25-4-5-26(35)16-33-25;1-17-6-19(11-22(7-17)29(2,3)30(31,32)33)20(14-27(39)40)12-26(38)16-35-28(41)21-8-18(10-25(37)13-21)9-23-4-5-24(36)15-34-23/h8,10-12,14,16,22,27,37-38H,1-7,9,13,15,17-18H2,(H,36,42)(H,40,41);8,10-12,14-15,20,26,35-36H,2-7,9,13,16-17H2,1H3,(H,34,38);6-8,10-11,13,20,24,36-37H,4-5,9,12,14-16H2,1-3H3,(H,35,41)(H,39,40)/t22-,27?;20-,26?;20-,24?/m010/s1. The highest BCUT2D eigenvalue weighted by Gasteiger charge is 2.49. The van der Waals surface area contributed by atoms with E-state index in [9.17, 15) is 103 Å². The summed E-state index contributed by atoms with van der Waals surface area (Å²) >= 11 is 12.8. The second-order valence-corrected chi connectivity index (χ2v) is 33.9. The number of nitrogens with one attached hydrogen (secondary N) is 3. The molecule has 2 saturated carbocycles. The molecule has 644 valence electrons. The number of alkyl halides is 3. The van der Waals surface area contributed by atoms with E-state index in [1.807, 2.05) is 31.2 Å². The highest BCUT2D eigenvalue weighted by atomic mass is 35.5. The molecule has 2 aliphatic carbocycles. The van der Waals surface area contributed by atoms with Gasteiger partial charge in [0.2, 0.25) is 0 Å². The number of aliphatic hydroxyl groups is 3. The van der Waals surface area contributed by atoms with Gasteiger partial charge < -0.3 is 56.8 Å². The fourth-order valence-corrected chi connectivity index (χ4v) is 16.4. The molecule has 5 aliphatic rings. The molecule has 6 aromatic carbocycles. The quantitative estimate of drug-likeness (QED) is 0.0187. The third-order valence-electron chi connectivity index (χ3n) is 23.1. The Morgan fingerprint density at radius 3 is 1.14 bits per heavy atom. The number of hydrogen-bond donors (Lipinski definition) is 11. The molecule has 3 unspecified atom stereocenters. The van der Waals surface area contributed by atoms with E-state index in [-0.39, 0.29) is 95.8 Å². The number of carbonyl (C=O) groups is 8. The Bertz CT molecular complexity index is 5000. The molecule has 24 nitrogen and oxygen atoms in total. The van der Waals surface area contributed by atoms with Crippen molar-refractivity contribution in [2.24, 2.45) is 15.0 Å². The second kappa shape index (κ2) is 42.7. The van der Waals surface area contributed by atoms with Gasteiger partial charge in [0.25, 0.3) is 17.7 Å². The van der Waals surface area contributed by atoms with Gasteiger partial charge in [-0.2, -0.15) is 23.7 Å². The maximum Gasteiger partial charge on any atom is 0.397 e. The SMILES string of the molecule is CC[C@H](CC(=O)CNC(=O)c1cc(O)cc(CC2=NCC(O)CC2)c1)c1cc(Cl)cc(C2(C#N)CCC2)c1.Cc1cc([C@H](CC(=O)O)CC(=O)CNC(=O)c2cc(O)cc(CC3=NCC(O)CC3)c2)cc(C(C)(C)C(F)(F)F)c1.N#CC1(c2cc(Cl)cc([C@H](CC(=O)O)CC(=O)CNC(=O)c3cc(O)cc(CC4=NCC(O)CC4)c3)c2)CCCCC1. The predicted octanol–water partition coefficient (Wildman–Crippen LogP) is 14.5. The van der Waals surface area contributed by atoms with Gasteiger partial charge in [-0.3, -0.25) is 53.3 Å². The second-order valence-electron chi connectivity index (χ2n) is 33.1. The molecular weight excluding hydrogens is 1600 g/mol. The molecule has 121 heavy (non-hydrogen) atoms. The number of ketones is 3. The smallest absolute Gasteiger partial charge is 0.397 e. The first-order valence-electron chi connectivity index (χ1n) is 40.9. The van der Waals surface area contributed by atoms with Crippen LogP contribution >= 0.6 is 23.2 Å². The van der Waals surface area contributed by atoms with Crippen molar-refractivity contribution in [3.8, 4) is 29.4 Å². The predicted molar refractivity (Wildman–Crippen MR) is 452 cm³/mol. The van der Waals surface area contributed by atoms with Crippen LogP contribution in [0.25, 0.3) is 0 Å². The van der Waals surface area contributed by atoms with Gasteiger partial charge in [0.1, 0.15) is 17.2 Å². The van der Waals surface area contributed by atoms with Gasteiger partial charge in [-0.05, 0) is 233 Å². The van der Waals surface area contributed by atoms with Crippen molar-refractivity contribution >= 4 is 87.3 Å². The molecule has 11 rings (SSSR count). The van der Waals surface area contributed by atoms with Crippen LogP contribution in [0, 0.1) is 29.6 Å². The summed E-state index contributed by atoms with van der Waals surface area (Å²) in [7, 11) is 0. The Kier molecular flexibility index (Phi) is 33.2. The molecule has 0 saturated heterocycles. The van der Waals surface area contributed by atoms with Crippen molar-refractivity contribution in [2.45, 2.75) is 234 Å².